The van der Waals surface area contributed by atoms with Crippen molar-refractivity contribution in [3.8, 4) is 17.3 Å². The Morgan fingerprint density at radius 1 is 1.11 bits per heavy atom. The Morgan fingerprint density at radius 2 is 1.89 bits per heavy atom. The van der Waals surface area contributed by atoms with Gasteiger partial charge in [0.15, 0.2) is 11.5 Å². The summed E-state index contributed by atoms with van der Waals surface area (Å²) in [5.74, 6) is 2.70. The zero-order valence-corrected chi connectivity index (χ0v) is 16.0. The molecular weight excluding hydrogens is 344 g/mol. The standard InChI is InChI=1S/C20H26N4O3/c1-4-5-6-9-21-20-14(12-25)7-8-19(23-20)24-13-22-15-10-17(26-2)18(27-3)11-16(15)24/h7-8,10-11,13,25H,4-6,9,12H2,1-3H3,(H,21,23). The van der Waals surface area contributed by atoms with Gasteiger partial charge in [-0.05, 0) is 18.6 Å². The van der Waals surface area contributed by atoms with Crippen molar-refractivity contribution >= 4 is 16.9 Å². The average molecular weight is 370 g/mol. The van der Waals surface area contributed by atoms with E-state index in [0.717, 1.165) is 48.2 Å². The number of aliphatic hydroxyl groups is 1. The molecule has 0 aliphatic heterocycles. The molecule has 0 saturated carbocycles. The second-order valence-corrected chi connectivity index (χ2v) is 6.28. The van der Waals surface area contributed by atoms with Crippen LogP contribution in [-0.4, -0.2) is 40.4 Å². The molecule has 2 aromatic heterocycles. The summed E-state index contributed by atoms with van der Waals surface area (Å²) in [6.07, 6.45) is 5.12. The van der Waals surface area contributed by atoms with E-state index in [1.807, 2.05) is 28.8 Å². The first-order valence-corrected chi connectivity index (χ1v) is 9.16. The molecule has 1 aromatic carbocycles. The van der Waals surface area contributed by atoms with Gasteiger partial charge in [0, 0.05) is 24.2 Å². The van der Waals surface area contributed by atoms with Crippen LogP contribution in [0.25, 0.3) is 16.9 Å². The third-order valence-corrected chi connectivity index (χ3v) is 4.51. The van der Waals surface area contributed by atoms with Gasteiger partial charge in [-0.1, -0.05) is 19.8 Å². The van der Waals surface area contributed by atoms with Crippen molar-refractivity contribution in [3.63, 3.8) is 0 Å². The van der Waals surface area contributed by atoms with Crippen molar-refractivity contribution in [1.82, 2.24) is 14.5 Å². The van der Waals surface area contributed by atoms with Crippen molar-refractivity contribution in [3.05, 3.63) is 36.2 Å². The molecule has 2 N–H and O–H groups in total. The van der Waals surface area contributed by atoms with Crippen molar-refractivity contribution in [2.75, 3.05) is 26.1 Å². The lowest BCUT2D eigenvalue weighted by Gasteiger charge is -2.13. The van der Waals surface area contributed by atoms with Gasteiger partial charge in [-0.2, -0.15) is 0 Å². The molecular formula is C20H26N4O3. The molecule has 0 atom stereocenters. The molecule has 0 bridgehead atoms. The number of rotatable bonds is 9. The van der Waals surface area contributed by atoms with Crippen LogP contribution in [0.1, 0.15) is 31.7 Å². The third-order valence-electron chi connectivity index (χ3n) is 4.51. The lowest BCUT2D eigenvalue weighted by molar-refractivity contribution is 0.282. The van der Waals surface area contributed by atoms with Crippen LogP contribution >= 0.6 is 0 Å². The molecule has 7 nitrogen and oxygen atoms in total. The Labute approximate surface area is 159 Å². The highest BCUT2D eigenvalue weighted by Gasteiger charge is 2.13. The van der Waals surface area contributed by atoms with Gasteiger partial charge >= 0.3 is 0 Å². The number of imidazole rings is 1. The first-order valence-electron chi connectivity index (χ1n) is 9.16. The Hall–Kier alpha value is -2.80. The number of anilines is 1. The summed E-state index contributed by atoms with van der Waals surface area (Å²) < 4.78 is 12.7. The lowest BCUT2D eigenvalue weighted by atomic mass is 10.2. The minimum absolute atomic E-state index is 0.0565. The minimum atomic E-state index is -0.0565. The molecule has 0 radical (unpaired) electrons. The number of nitrogens with zero attached hydrogens (tertiary/aromatic N) is 3. The third kappa shape index (κ3) is 3.98. The molecule has 0 fully saturated rings. The van der Waals surface area contributed by atoms with Crippen LogP contribution in [0.5, 0.6) is 11.5 Å². The monoisotopic (exact) mass is 370 g/mol. The van der Waals surface area contributed by atoms with E-state index < -0.39 is 0 Å². The average Bonchev–Trinajstić information content (AvgIpc) is 3.12. The molecule has 0 unspecified atom stereocenters. The summed E-state index contributed by atoms with van der Waals surface area (Å²) >= 11 is 0. The van der Waals surface area contributed by atoms with Gasteiger partial charge in [-0.25, -0.2) is 9.97 Å². The molecule has 0 aliphatic carbocycles. The SMILES string of the molecule is CCCCCNc1nc(-n2cnc3cc(OC)c(OC)cc32)ccc1CO. The second-order valence-electron chi connectivity index (χ2n) is 6.28. The van der Waals surface area contributed by atoms with Crippen LogP contribution in [0, 0.1) is 0 Å². The lowest BCUT2D eigenvalue weighted by Crippen LogP contribution is -2.08. The maximum absolute atomic E-state index is 9.61. The van der Waals surface area contributed by atoms with Gasteiger partial charge in [0.1, 0.15) is 18.0 Å². The van der Waals surface area contributed by atoms with Crippen molar-refractivity contribution < 1.29 is 14.6 Å². The number of hydrogen-bond acceptors (Lipinski definition) is 6. The Kier molecular flexibility index (Phi) is 6.13. The number of methoxy groups -OCH3 is 2. The minimum Gasteiger partial charge on any atom is -0.493 e. The van der Waals surface area contributed by atoms with Crippen LogP contribution in [0.15, 0.2) is 30.6 Å². The zero-order valence-electron chi connectivity index (χ0n) is 16.0. The van der Waals surface area contributed by atoms with Crippen molar-refractivity contribution in [2.24, 2.45) is 0 Å². The van der Waals surface area contributed by atoms with Crippen LogP contribution < -0.4 is 14.8 Å². The maximum Gasteiger partial charge on any atom is 0.163 e. The van der Waals surface area contributed by atoms with E-state index in [-0.39, 0.29) is 6.61 Å². The number of pyridine rings is 1. The summed E-state index contributed by atoms with van der Waals surface area (Å²) in [7, 11) is 3.21. The van der Waals surface area contributed by atoms with Crippen molar-refractivity contribution in [2.45, 2.75) is 32.8 Å². The van der Waals surface area contributed by atoms with E-state index >= 15 is 0 Å². The van der Waals surface area contributed by atoms with Crippen LogP contribution in [0.3, 0.4) is 0 Å². The van der Waals surface area contributed by atoms with Gasteiger partial charge in [0.05, 0.1) is 31.9 Å². The number of nitrogens with one attached hydrogen (secondary N) is 1. The van der Waals surface area contributed by atoms with E-state index in [1.54, 1.807) is 20.5 Å². The topological polar surface area (TPSA) is 81.4 Å². The van der Waals surface area contributed by atoms with Gasteiger partial charge < -0.3 is 19.9 Å². The molecule has 144 valence electrons. The van der Waals surface area contributed by atoms with Crippen LogP contribution in [0.2, 0.25) is 0 Å². The number of aromatic nitrogens is 3. The molecule has 7 heteroatoms. The van der Waals surface area contributed by atoms with Gasteiger partial charge in [-0.3, -0.25) is 4.57 Å². The normalized spacial score (nSPS) is 11.0. The first-order chi connectivity index (χ1) is 13.2. The fraction of sp³-hybridized carbons (Fsp3) is 0.400. The highest BCUT2D eigenvalue weighted by Crippen LogP contribution is 2.32. The predicted octanol–water partition coefficient (Wildman–Crippen LogP) is 3.53. The fourth-order valence-electron chi connectivity index (χ4n) is 2.99. The molecule has 0 aliphatic rings. The number of benzene rings is 1. The summed E-state index contributed by atoms with van der Waals surface area (Å²) in [4.78, 5) is 9.17. The highest BCUT2D eigenvalue weighted by atomic mass is 16.5. The first kappa shape index (κ1) is 19.0. The number of fused-ring (bicyclic) bond motifs is 1. The van der Waals surface area contributed by atoms with E-state index in [1.165, 1.54) is 0 Å². The fourth-order valence-corrected chi connectivity index (χ4v) is 2.99. The van der Waals surface area contributed by atoms with E-state index in [0.29, 0.717) is 17.3 Å². The van der Waals surface area contributed by atoms with E-state index in [9.17, 15) is 5.11 Å². The summed E-state index contributed by atoms with van der Waals surface area (Å²) in [6, 6.07) is 7.49. The molecule has 2 heterocycles. The summed E-state index contributed by atoms with van der Waals surface area (Å²) in [5.41, 5.74) is 2.44. The van der Waals surface area contributed by atoms with Gasteiger partial charge in [0.25, 0.3) is 0 Å². The van der Waals surface area contributed by atoms with Gasteiger partial charge in [-0.15, -0.1) is 0 Å². The smallest absolute Gasteiger partial charge is 0.163 e. The van der Waals surface area contributed by atoms with E-state index in [4.69, 9.17) is 14.5 Å². The number of aliphatic hydroxyl groups excluding tert-OH is 1. The number of ether oxygens (including phenoxy) is 2. The van der Waals surface area contributed by atoms with E-state index in [2.05, 4.69) is 17.2 Å². The Bertz CT molecular complexity index is 908. The quantitative estimate of drug-likeness (QED) is 0.561. The maximum atomic E-state index is 9.61. The Morgan fingerprint density at radius 3 is 2.59 bits per heavy atom. The molecule has 0 amide bonds. The number of hydrogen-bond donors (Lipinski definition) is 2. The zero-order chi connectivity index (χ0) is 19.2. The second kappa shape index (κ2) is 8.73. The molecule has 0 saturated heterocycles. The number of unbranched alkanes of at least 4 members (excludes halogenated alkanes) is 2. The van der Waals surface area contributed by atoms with Crippen LogP contribution in [0.4, 0.5) is 5.82 Å². The van der Waals surface area contributed by atoms with Gasteiger partial charge in [0.2, 0.25) is 0 Å². The molecule has 3 rings (SSSR count). The van der Waals surface area contributed by atoms with Crippen LogP contribution in [-0.2, 0) is 6.61 Å². The molecule has 27 heavy (non-hydrogen) atoms. The van der Waals surface area contributed by atoms with Crippen molar-refractivity contribution in [1.29, 1.82) is 0 Å². The molecule has 0 spiro atoms. The predicted molar refractivity (Wildman–Crippen MR) is 106 cm³/mol. The highest BCUT2D eigenvalue weighted by molar-refractivity contribution is 5.81. The summed E-state index contributed by atoms with van der Waals surface area (Å²) in [6.45, 7) is 2.94. The Balaban J connectivity index is 1.98. The molecule has 3 aromatic rings. The summed E-state index contributed by atoms with van der Waals surface area (Å²) in [5, 5.41) is 13.0. The largest absolute Gasteiger partial charge is 0.493 e.